The fourth-order valence-electron chi connectivity index (χ4n) is 1.94. The summed E-state index contributed by atoms with van der Waals surface area (Å²) in [7, 11) is 0. The molecule has 0 bridgehead atoms. The predicted molar refractivity (Wildman–Crippen MR) is 74.3 cm³/mol. The van der Waals surface area contributed by atoms with Crippen LogP contribution in [0.25, 0.3) is 0 Å². The number of hydrogen-bond acceptors (Lipinski definition) is 2. The maximum atomic E-state index is 11.9. The van der Waals surface area contributed by atoms with Gasteiger partial charge in [-0.3, -0.25) is 9.48 Å². The molecule has 1 N–H and O–H groups in total. The Labute approximate surface area is 116 Å². The third-order valence-corrected chi connectivity index (χ3v) is 4.60. The molecular weight excluding hydrogens is 294 g/mol. The summed E-state index contributed by atoms with van der Waals surface area (Å²) >= 11 is 3.50. The average molecular weight is 314 g/mol. The first-order valence-corrected chi connectivity index (χ1v) is 7.25. The number of carbonyl (C=O) groups excluding carboxylic acids is 1. The van der Waals surface area contributed by atoms with Gasteiger partial charge >= 0.3 is 0 Å². The Balaban J connectivity index is 1.90. The normalized spacial score (nSPS) is 16.7. The molecule has 1 aromatic heterocycles. The second-order valence-corrected chi connectivity index (χ2v) is 6.05. The highest BCUT2D eigenvalue weighted by Crippen LogP contribution is 2.27. The van der Waals surface area contributed by atoms with Crippen LogP contribution in [0.1, 0.15) is 31.2 Å². The van der Waals surface area contributed by atoms with Gasteiger partial charge < -0.3 is 5.32 Å². The molecule has 0 saturated heterocycles. The summed E-state index contributed by atoms with van der Waals surface area (Å²) in [5.41, 5.74) is 2.05. The molecule has 1 heterocycles. The van der Waals surface area contributed by atoms with Crippen LogP contribution in [0.2, 0.25) is 0 Å². The van der Waals surface area contributed by atoms with Crippen molar-refractivity contribution in [1.82, 2.24) is 15.1 Å². The zero-order chi connectivity index (χ0) is 13.3. The molecule has 1 amide bonds. The number of hydrogen-bond donors (Lipinski definition) is 1. The molecule has 2 rings (SSSR count). The molecular formula is C13H20BrN3O. The average Bonchev–Trinajstić information content (AvgIpc) is 3.13. The largest absolute Gasteiger partial charge is 0.356 e. The number of halogens is 1. The van der Waals surface area contributed by atoms with Crippen LogP contribution in [0.15, 0.2) is 4.47 Å². The molecule has 1 saturated carbocycles. The number of aromatic nitrogens is 2. The van der Waals surface area contributed by atoms with E-state index >= 15 is 0 Å². The van der Waals surface area contributed by atoms with Crippen molar-refractivity contribution in [2.24, 2.45) is 11.8 Å². The lowest BCUT2D eigenvalue weighted by atomic mass is 10.1. The van der Waals surface area contributed by atoms with E-state index < -0.39 is 0 Å². The van der Waals surface area contributed by atoms with Gasteiger partial charge in [0.1, 0.15) is 0 Å². The van der Waals surface area contributed by atoms with Crippen LogP contribution in [0.3, 0.4) is 0 Å². The van der Waals surface area contributed by atoms with E-state index in [4.69, 9.17) is 0 Å². The summed E-state index contributed by atoms with van der Waals surface area (Å²) in [5.74, 6) is 0.809. The maximum absolute atomic E-state index is 11.9. The van der Waals surface area contributed by atoms with E-state index in [0.29, 0.717) is 6.54 Å². The van der Waals surface area contributed by atoms with Crippen LogP contribution in [0.5, 0.6) is 0 Å². The molecule has 0 aliphatic heterocycles. The van der Waals surface area contributed by atoms with Crippen molar-refractivity contribution in [3.8, 4) is 0 Å². The SMILES string of the molecule is Cc1nn(CC(C)C(=O)NCC2CC2)c(C)c1Br. The van der Waals surface area contributed by atoms with E-state index in [0.717, 1.165) is 28.3 Å². The summed E-state index contributed by atoms with van der Waals surface area (Å²) in [4.78, 5) is 11.9. The van der Waals surface area contributed by atoms with Crippen LogP contribution in [-0.4, -0.2) is 22.2 Å². The van der Waals surface area contributed by atoms with Crippen molar-refractivity contribution in [2.45, 2.75) is 40.2 Å². The van der Waals surface area contributed by atoms with Crippen molar-refractivity contribution >= 4 is 21.8 Å². The van der Waals surface area contributed by atoms with E-state index in [1.165, 1.54) is 12.8 Å². The van der Waals surface area contributed by atoms with Gasteiger partial charge in [-0.2, -0.15) is 5.10 Å². The zero-order valence-electron chi connectivity index (χ0n) is 11.2. The van der Waals surface area contributed by atoms with Crippen molar-refractivity contribution in [2.75, 3.05) is 6.54 Å². The van der Waals surface area contributed by atoms with Gasteiger partial charge in [0.2, 0.25) is 5.91 Å². The Morgan fingerprint density at radius 1 is 1.56 bits per heavy atom. The van der Waals surface area contributed by atoms with Gasteiger partial charge in [-0.15, -0.1) is 0 Å². The van der Waals surface area contributed by atoms with Crippen LogP contribution >= 0.6 is 15.9 Å². The highest BCUT2D eigenvalue weighted by atomic mass is 79.9. The Morgan fingerprint density at radius 2 is 2.22 bits per heavy atom. The number of nitrogens with zero attached hydrogens (tertiary/aromatic N) is 2. The zero-order valence-corrected chi connectivity index (χ0v) is 12.7. The van der Waals surface area contributed by atoms with E-state index in [2.05, 4.69) is 26.3 Å². The minimum atomic E-state index is -0.0475. The molecule has 18 heavy (non-hydrogen) atoms. The van der Waals surface area contributed by atoms with Gasteiger partial charge in [-0.1, -0.05) is 6.92 Å². The standard InChI is InChI=1S/C13H20BrN3O/c1-8(13(18)15-6-11-4-5-11)7-17-10(3)12(14)9(2)16-17/h8,11H,4-7H2,1-3H3,(H,15,18). The van der Waals surface area contributed by atoms with Crippen molar-refractivity contribution in [1.29, 1.82) is 0 Å². The Bertz CT molecular complexity index is 451. The first-order chi connectivity index (χ1) is 8.49. The quantitative estimate of drug-likeness (QED) is 0.907. The minimum absolute atomic E-state index is 0.0475. The number of nitrogens with one attached hydrogen (secondary N) is 1. The van der Waals surface area contributed by atoms with Crippen LogP contribution in [-0.2, 0) is 11.3 Å². The third kappa shape index (κ3) is 3.13. The lowest BCUT2D eigenvalue weighted by Gasteiger charge is -2.13. The van der Waals surface area contributed by atoms with E-state index in [9.17, 15) is 4.79 Å². The molecule has 5 heteroatoms. The lowest BCUT2D eigenvalue weighted by Crippen LogP contribution is -2.33. The number of aryl methyl sites for hydroxylation is 1. The van der Waals surface area contributed by atoms with Crippen molar-refractivity contribution in [3.05, 3.63) is 15.9 Å². The first kappa shape index (κ1) is 13.6. The fraction of sp³-hybridized carbons (Fsp3) is 0.692. The minimum Gasteiger partial charge on any atom is -0.356 e. The summed E-state index contributed by atoms with van der Waals surface area (Å²) in [6.07, 6.45) is 2.53. The summed E-state index contributed by atoms with van der Waals surface area (Å²) in [6, 6.07) is 0. The third-order valence-electron chi connectivity index (χ3n) is 3.45. The van der Waals surface area contributed by atoms with E-state index in [1.807, 2.05) is 25.5 Å². The Morgan fingerprint density at radius 3 is 2.72 bits per heavy atom. The highest BCUT2D eigenvalue weighted by Gasteiger charge is 2.23. The van der Waals surface area contributed by atoms with Crippen LogP contribution in [0, 0.1) is 25.7 Å². The van der Waals surface area contributed by atoms with Gasteiger partial charge in [0.05, 0.1) is 22.6 Å². The molecule has 0 aromatic carbocycles. The number of rotatable bonds is 5. The summed E-state index contributed by atoms with van der Waals surface area (Å²) < 4.78 is 2.94. The first-order valence-electron chi connectivity index (χ1n) is 6.46. The van der Waals surface area contributed by atoms with Crippen molar-refractivity contribution < 1.29 is 4.79 Å². The van der Waals surface area contributed by atoms with E-state index in [-0.39, 0.29) is 11.8 Å². The predicted octanol–water partition coefficient (Wildman–Crippen LogP) is 2.42. The Hall–Kier alpha value is -0.840. The summed E-state index contributed by atoms with van der Waals surface area (Å²) in [5, 5.41) is 7.44. The molecule has 1 aromatic rings. The smallest absolute Gasteiger partial charge is 0.224 e. The van der Waals surface area contributed by atoms with Gasteiger partial charge in [0.25, 0.3) is 0 Å². The molecule has 4 nitrogen and oxygen atoms in total. The molecule has 1 aliphatic rings. The van der Waals surface area contributed by atoms with Gasteiger partial charge in [0.15, 0.2) is 0 Å². The van der Waals surface area contributed by atoms with Crippen LogP contribution in [0.4, 0.5) is 0 Å². The second-order valence-electron chi connectivity index (χ2n) is 5.26. The molecule has 1 fully saturated rings. The Kier molecular flexibility index (Phi) is 4.10. The van der Waals surface area contributed by atoms with Crippen molar-refractivity contribution in [3.63, 3.8) is 0 Å². The van der Waals surface area contributed by atoms with Gasteiger partial charge in [0, 0.05) is 12.2 Å². The molecule has 0 spiro atoms. The van der Waals surface area contributed by atoms with Gasteiger partial charge in [-0.25, -0.2) is 0 Å². The molecule has 1 atom stereocenters. The topological polar surface area (TPSA) is 46.9 Å². The maximum Gasteiger partial charge on any atom is 0.224 e. The fourth-order valence-corrected chi connectivity index (χ4v) is 2.22. The molecule has 1 aliphatic carbocycles. The molecule has 100 valence electrons. The second kappa shape index (κ2) is 5.43. The van der Waals surface area contributed by atoms with Gasteiger partial charge in [-0.05, 0) is 48.5 Å². The molecule has 1 unspecified atom stereocenters. The summed E-state index contributed by atoms with van der Waals surface area (Å²) in [6.45, 7) is 7.40. The number of amides is 1. The van der Waals surface area contributed by atoms with Crippen LogP contribution < -0.4 is 5.32 Å². The molecule has 0 radical (unpaired) electrons. The lowest BCUT2D eigenvalue weighted by molar-refractivity contribution is -0.125. The highest BCUT2D eigenvalue weighted by molar-refractivity contribution is 9.10. The number of carbonyl (C=O) groups is 1. The van der Waals surface area contributed by atoms with E-state index in [1.54, 1.807) is 0 Å². The monoisotopic (exact) mass is 313 g/mol.